The Balaban J connectivity index is 1.31. The van der Waals surface area contributed by atoms with E-state index in [1.165, 1.54) is 37.3 Å². The average Bonchev–Trinajstić information content (AvgIpc) is 3.38. The summed E-state index contributed by atoms with van der Waals surface area (Å²) in [5.74, 6) is 0.753. The first kappa shape index (κ1) is 20.0. The summed E-state index contributed by atoms with van der Waals surface area (Å²) in [6, 6.07) is 5.35. The topological polar surface area (TPSA) is 73.3 Å². The fourth-order valence-corrected chi connectivity index (χ4v) is 4.79. The van der Waals surface area contributed by atoms with Gasteiger partial charge in [0.2, 0.25) is 5.91 Å². The highest BCUT2D eigenvalue weighted by molar-refractivity contribution is 6.00. The number of nitrogens with zero attached hydrogens (tertiary/aromatic N) is 3. The van der Waals surface area contributed by atoms with Crippen LogP contribution in [0.4, 0.5) is 10.5 Å². The van der Waals surface area contributed by atoms with Crippen molar-refractivity contribution in [1.82, 2.24) is 9.80 Å². The summed E-state index contributed by atoms with van der Waals surface area (Å²) >= 11 is 0. The number of fused-ring (bicyclic) bond motifs is 1. The minimum absolute atomic E-state index is 0.0983. The fraction of sp³-hybridized carbons (Fsp3) is 0.636. The van der Waals surface area contributed by atoms with Gasteiger partial charge in [-0.1, -0.05) is 6.42 Å². The van der Waals surface area contributed by atoms with Gasteiger partial charge in [-0.3, -0.25) is 9.69 Å². The molecule has 4 rings (SSSR count). The minimum atomic E-state index is -1.01. The highest BCUT2D eigenvalue weighted by atomic mass is 16.5. The molecule has 1 aromatic carbocycles. The highest BCUT2D eigenvalue weighted by Crippen LogP contribution is 2.33. The van der Waals surface area contributed by atoms with Gasteiger partial charge in [-0.2, -0.15) is 0 Å². The lowest BCUT2D eigenvalue weighted by Gasteiger charge is -2.26. The summed E-state index contributed by atoms with van der Waals surface area (Å²) in [6.45, 7) is 5.27. The maximum Gasteiger partial charge on any atom is 0.407 e. The summed E-state index contributed by atoms with van der Waals surface area (Å²) in [4.78, 5) is 29.9. The van der Waals surface area contributed by atoms with Crippen molar-refractivity contribution in [3.63, 3.8) is 0 Å². The van der Waals surface area contributed by atoms with Gasteiger partial charge < -0.3 is 19.6 Å². The van der Waals surface area contributed by atoms with Crippen LogP contribution in [0.15, 0.2) is 18.2 Å². The predicted octanol–water partition coefficient (Wildman–Crippen LogP) is 2.97. The number of hydrogen-bond donors (Lipinski definition) is 1. The predicted molar refractivity (Wildman–Crippen MR) is 111 cm³/mol. The van der Waals surface area contributed by atoms with Crippen LogP contribution < -0.4 is 9.64 Å². The van der Waals surface area contributed by atoms with Gasteiger partial charge in [0.15, 0.2) is 0 Å². The molecule has 0 unspecified atom stereocenters. The second-order valence-corrected chi connectivity index (χ2v) is 8.27. The van der Waals surface area contributed by atoms with Crippen molar-refractivity contribution in [2.45, 2.75) is 51.0 Å². The number of ether oxygens (including phenoxy) is 1. The number of benzene rings is 1. The average molecular weight is 402 g/mol. The third-order valence-corrected chi connectivity index (χ3v) is 6.33. The smallest absolute Gasteiger partial charge is 0.407 e. The molecule has 0 bridgehead atoms. The Hall–Kier alpha value is -2.28. The van der Waals surface area contributed by atoms with E-state index in [0.29, 0.717) is 26.1 Å². The Morgan fingerprint density at radius 2 is 1.90 bits per heavy atom. The monoisotopic (exact) mass is 401 g/mol. The molecular weight excluding hydrogens is 370 g/mol. The van der Waals surface area contributed by atoms with Crippen LogP contribution in [0.1, 0.15) is 44.1 Å². The normalized spacial score (nSPS) is 22.0. The summed E-state index contributed by atoms with van der Waals surface area (Å²) in [5, 5.41) is 9.33. The second kappa shape index (κ2) is 9.03. The third kappa shape index (κ3) is 4.50. The summed E-state index contributed by atoms with van der Waals surface area (Å²) in [5.41, 5.74) is 2.00. The van der Waals surface area contributed by atoms with Gasteiger partial charge in [-0.25, -0.2) is 4.79 Å². The van der Waals surface area contributed by atoms with E-state index in [9.17, 15) is 14.7 Å². The molecule has 1 aromatic rings. The lowest BCUT2D eigenvalue weighted by molar-refractivity contribution is -0.122. The lowest BCUT2D eigenvalue weighted by Crippen LogP contribution is -2.47. The van der Waals surface area contributed by atoms with Crippen LogP contribution >= 0.6 is 0 Å². The zero-order chi connectivity index (χ0) is 20.2. The van der Waals surface area contributed by atoms with E-state index in [1.54, 1.807) is 4.90 Å². The molecule has 2 amide bonds. The number of carboxylic acid groups (broad SMARTS) is 1. The van der Waals surface area contributed by atoms with Crippen molar-refractivity contribution in [2.24, 2.45) is 0 Å². The van der Waals surface area contributed by atoms with Gasteiger partial charge in [-0.15, -0.1) is 0 Å². The molecule has 3 aliphatic rings. The van der Waals surface area contributed by atoms with E-state index in [0.717, 1.165) is 42.8 Å². The Labute approximate surface area is 172 Å². The molecule has 3 aliphatic heterocycles. The van der Waals surface area contributed by atoms with Crippen LogP contribution in [-0.4, -0.2) is 72.3 Å². The molecule has 0 saturated carbocycles. The van der Waals surface area contributed by atoms with Crippen molar-refractivity contribution in [2.75, 3.05) is 44.2 Å². The molecule has 0 spiro atoms. The molecule has 1 atom stereocenters. The van der Waals surface area contributed by atoms with Crippen LogP contribution in [0.3, 0.4) is 0 Å². The third-order valence-electron chi connectivity index (χ3n) is 6.33. The molecular formula is C22H31N3O4. The summed E-state index contributed by atoms with van der Waals surface area (Å²) < 4.78 is 5.95. The van der Waals surface area contributed by atoms with Crippen LogP contribution in [0.5, 0.6) is 5.75 Å². The number of carbonyl (C=O) groups excluding carboxylic acids is 1. The first-order valence-corrected chi connectivity index (χ1v) is 10.9. The molecule has 0 radical (unpaired) electrons. The number of likely N-dealkylation sites (tertiary alicyclic amines) is 2. The standard InChI is InChI=1S/C22H31N3O4/c26-21(20-6-4-13-25(20)22(27)28)24-14-9-17-16-18(7-8-19(17)24)29-15-5-12-23-10-2-1-3-11-23/h7-8,16,20H,1-6,9-15H2,(H,27,28)/t20-/m0/s1. The fourth-order valence-electron chi connectivity index (χ4n) is 4.79. The molecule has 0 aliphatic carbocycles. The molecule has 7 nitrogen and oxygen atoms in total. The highest BCUT2D eigenvalue weighted by Gasteiger charge is 2.38. The zero-order valence-electron chi connectivity index (χ0n) is 17.0. The molecule has 158 valence electrons. The second-order valence-electron chi connectivity index (χ2n) is 8.27. The van der Waals surface area contributed by atoms with E-state index in [2.05, 4.69) is 4.90 Å². The van der Waals surface area contributed by atoms with Crippen LogP contribution in [0, 0.1) is 0 Å². The number of anilines is 1. The molecule has 2 saturated heterocycles. The summed E-state index contributed by atoms with van der Waals surface area (Å²) in [6.07, 6.45) is 6.13. The van der Waals surface area contributed by atoms with Crippen LogP contribution in [0.2, 0.25) is 0 Å². The number of carbonyl (C=O) groups is 2. The molecule has 3 heterocycles. The van der Waals surface area contributed by atoms with Crippen LogP contribution in [0.25, 0.3) is 0 Å². The van der Waals surface area contributed by atoms with Crippen LogP contribution in [-0.2, 0) is 11.2 Å². The number of hydrogen-bond acceptors (Lipinski definition) is 4. The molecule has 7 heteroatoms. The molecule has 29 heavy (non-hydrogen) atoms. The number of amides is 2. The van der Waals surface area contributed by atoms with Gasteiger partial charge in [0.25, 0.3) is 0 Å². The molecule has 0 aromatic heterocycles. The summed E-state index contributed by atoms with van der Waals surface area (Å²) in [7, 11) is 0. The van der Waals surface area contributed by atoms with Gasteiger partial charge in [0.1, 0.15) is 11.8 Å². The number of rotatable bonds is 6. The Morgan fingerprint density at radius 1 is 1.07 bits per heavy atom. The van der Waals surface area contributed by atoms with Crippen molar-refractivity contribution >= 4 is 17.7 Å². The minimum Gasteiger partial charge on any atom is -0.494 e. The van der Waals surface area contributed by atoms with E-state index in [4.69, 9.17) is 4.74 Å². The SMILES string of the molecule is O=C([C@@H]1CCCN1C(=O)O)N1CCc2cc(OCCCN3CCCCC3)ccc21. The van der Waals surface area contributed by atoms with E-state index >= 15 is 0 Å². The molecule has 1 N–H and O–H groups in total. The van der Waals surface area contributed by atoms with E-state index in [1.807, 2.05) is 18.2 Å². The van der Waals surface area contributed by atoms with Crippen molar-refractivity contribution in [1.29, 1.82) is 0 Å². The maximum absolute atomic E-state index is 13.0. The van der Waals surface area contributed by atoms with Crippen molar-refractivity contribution in [3.8, 4) is 5.75 Å². The lowest BCUT2D eigenvalue weighted by atomic mass is 10.1. The Kier molecular flexibility index (Phi) is 6.23. The van der Waals surface area contributed by atoms with Gasteiger partial charge >= 0.3 is 6.09 Å². The molecule has 2 fully saturated rings. The largest absolute Gasteiger partial charge is 0.494 e. The van der Waals surface area contributed by atoms with Gasteiger partial charge in [-0.05, 0) is 75.4 Å². The Morgan fingerprint density at radius 3 is 2.69 bits per heavy atom. The first-order chi connectivity index (χ1) is 14.1. The number of piperidine rings is 1. The van der Waals surface area contributed by atoms with E-state index in [-0.39, 0.29) is 5.91 Å². The van der Waals surface area contributed by atoms with Gasteiger partial charge in [0, 0.05) is 25.3 Å². The first-order valence-electron chi connectivity index (χ1n) is 10.9. The quantitative estimate of drug-likeness (QED) is 0.742. The maximum atomic E-state index is 13.0. The zero-order valence-corrected chi connectivity index (χ0v) is 17.0. The van der Waals surface area contributed by atoms with Gasteiger partial charge in [0.05, 0.1) is 6.61 Å². The van der Waals surface area contributed by atoms with E-state index < -0.39 is 12.1 Å². The van der Waals surface area contributed by atoms with Crippen molar-refractivity contribution < 1.29 is 19.4 Å². The Bertz CT molecular complexity index is 748. The van der Waals surface area contributed by atoms with Crippen molar-refractivity contribution in [3.05, 3.63) is 23.8 Å².